The van der Waals surface area contributed by atoms with Crippen molar-refractivity contribution >= 4 is 24.2 Å². The van der Waals surface area contributed by atoms with Crippen LogP contribution in [0.25, 0.3) is 0 Å². The molecule has 3 atom stereocenters. The lowest BCUT2D eigenvalue weighted by Gasteiger charge is -2.19. The maximum absolute atomic E-state index is 12.5. The highest BCUT2D eigenvalue weighted by Crippen LogP contribution is 2.28. The number of aromatic nitrogens is 2. The molecule has 2 aliphatic rings. The Balaban J connectivity index is 0.00000176. The molecule has 1 aromatic heterocycles. The fourth-order valence-corrected chi connectivity index (χ4v) is 3.20. The average molecular weight is 328 g/mol. The van der Waals surface area contributed by atoms with Gasteiger partial charge in [-0.1, -0.05) is 0 Å². The van der Waals surface area contributed by atoms with Gasteiger partial charge in [0.05, 0.1) is 18.2 Å². The van der Waals surface area contributed by atoms with E-state index in [1.165, 1.54) is 0 Å². The third-order valence-corrected chi connectivity index (χ3v) is 4.39. The highest BCUT2D eigenvalue weighted by Gasteiger charge is 2.37. The second-order valence-electron chi connectivity index (χ2n) is 6.00. The lowest BCUT2D eigenvalue weighted by atomic mass is 9.90. The van der Waals surface area contributed by atoms with E-state index in [1.807, 2.05) is 19.4 Å². The molecule has 2 saturated heterocycles. The van der Waals surface area contributed by atoms with Crippen LogP contribution in [-0.4, -0.2) is 59.2 Å². The fourth-order valence-electron chi connectivity index (χ4n) is 3.20. The quantitative estimate of drug-likeness (QED) is 0.784. The molecule has 2 aliphatic heterocycles. The van der Waals surface area contributed by atoms with Gasteiger partial charge in [0, 0.05) is 52.3 Å². The Morgan fingerprint density at radius 2 is 2.18 bits per heavy atom. The molecule has 1 unspecified atom stereocenters. The number of nitrogens with zero attached hydrogens (tertiary/aromatic N) is 3. The molecule has 22 heavy (non-hydrogen) atoms. The van der Waals surface area contributed by atoms with Crippen LogP contribution in [0.5, 0.6) is 0 Å². The van der Waals surface area contributed by atoms with Crippen molar-refractivity contribution in [2.45, 2.75) is 18.4 Å². The zero-order valence-electron chi connectivity index (χ0n) is 12.8. The lowest BCUT2D eigenvalue weighted by molar-refractivity contribution is -0.126. The summed E-state index contributed by atoms with van der Waals surface area (Å²) in [5, 5.41) is 10.5. The first-order valence-corrected chi connectivity index (χ1v) is 7.28. The van der Waals surface area contributed by atoms with Gasteiger partial charge in [0.15, 0.2) is 0 Å². The van der Waals surface area contributed by atoms with Crippen LogP contribution in [0.3, 0.4) is 0 Å². The zero-order chi connectivity index (χ0) is 15.0. The maximum atomic E-state index is 12.5. The van der Waals surface area contributed by atoms with Crippen molar-refractivity contribution in [3.8, 4) is 0 Å². The highest BCUT2D eigenvalue weighted by atomic mass is 35.5. The predicted molar refractivity (Wildman–Crippen MR) is 83.7 cm³/mol. The molecule has 0 saturated carbocycles. The number of nitrogens with one attached hydrogen (secondary N) is 2. The summed E-state index contributed by atoms with van der Waals surface area (Å²) in [6.07, 6.45) is 4.19. The van der Waals surface area contributed by atoms with Crippen LogP contribution in [0.2, 0.25) is 0 Å². The van der Waals surface area contributed by atoms with Crippen LogP contribution >= 0.6 is 12.4 Å². The topological polar surface area (TPSA) is 79.3 Å². The maximum Gasteiger partial charge on any atom is 0.225 e. The third-order valence-electron chi connectivity index (χ3n) is 4.39. The number of carbonyl (C=O) groups is 2. The Hall–Kier alpha value is -1.60. The van der Waals surface area contributed by atoms with Crippen LogP contribution in [-0.2, 0) is 16.6 Å². The normalized spacial score (nSPS) is 27.8. The van der Waals surface area contributed by atoms with Crippen LogP contribution in [0.4, 0.5) is 0 Å². The standard InChI is InChI=1S/C14H21N5O2.ClH/c1-18-8-10(3-13(18)20)17-14(21)12-6-15-5-11(12)9-4-16-19(2)7-9;/h4,7,10-12,15H,3,5-6,8H2,1-2H3,(H,17,21);1H/t10?,11-,12+;/m1./s1. The van der Waals surface area contributed by atoms with Crippen LogP contribution in [0, 0.1) is 5.92 Å². The lowest BCUT2D eigenvalue weighted by Crippen LogP contribution is -2.42. The van der Waals surface area contributed by atoms with Gasteiger partial charge in [-0.15, -0.1) is 12.4 Å². The smallest absolute Gasteiger partial charge is 0.225 e. The Labute approximate surface area is 135 Å². The van der Waals surface area contributed by atoms with Crippen molar-refractivity contribution in [2.75, 3.05) is 26.7 Å². The summed E-state index contributed by atoms with van der Waals surface area (Å²) in [6.45, 7) is 2.05. The monoisotopic (exact) mass is 327 g/mol. The molecule has 0 aromatic carbocycles. The van der Waals surface area contributed by atoms with Crippen LogP contribution in [0.1, 0.15) is 17.9 Å². The molecule has 2 amide bonds. The minimum atomic E-state index is -0.102. The minimum Gasteiger partial charge on any atom is -0.351 e. The first kappa shape index (κ1) is 16.8. The first-order chi connectivity index (χ1) is 10.0. The predicted octanol–water partition coefficient (Wildman–Crippen LogP) is -0.508. The van der Waals surface area contributed by atoms with E-state index in [1.54, 1.807) is 16.6 Å². The van der Waals surface area contributed by atoms with Crippen molar-refractivity contribution in [3.63, 3.8) is 0 Å². The van der Waals surface area contributed by atoms with Crippen molar-refractivity contribution in [1.82, 2.24) is 25.3 Å². The van der Waals surface area contributed by atoms with E-state index in [-0.39, 0.29) is 42.1 Å². The van der Waals surface area contributed by atoms with Gasteiger partial charge in [-0.05, 0) is 5.56 Å². The van der Waals surface area contributed by atoms with Crippen molar-refractivity contribution in [3.05, 3.63) is 18.0 Å². The van der Waals surface area contributed by atoms with Gasteiger partial charge in [-0.2, -0.15) is 5.10 Å². The molecular weight excluding hydrogens is 306 g/mol. The number of likely N-dealkylation sites (tertiary alicyclic amines) is 1. The molecule has 0 bridgehead atoms. The Bertz CT molecular complexity index is 561. The van der Waals surface area contributed by atoms with Gasteiger partial charge in [-0.3, -0.25) is 14.3 Å². The van der Waals surface area contributed by atoms with Gasteiger partial charge in [0.1, 0.15) is 0 Å². The molecule has 0 spiro atoms. The van der Waals surface area contributed by atoms with Crippen molar-refractivity contribution in [2.24, 2.45) is 13.0 Å². The van der Waals surface area contributed by atoms with E-state index in [0.717, 1.165) is 12.1 Å². The second-order valence-corrected chi connectivity index (χ2v) is 6.00. The number of likely N-dealkylation sites (N-methyl/N-ethyl adjacent to an activating group) is 1. The number of hydrogen-bond donors (Lipinski definition) is 2. The molecule has 3 rings (SSSR count). The number of halogens is 1. The molecule has 2 N–H and O–H groups in total. The summed E-state index contributed by atoms with van der Waals surface area (Å²) in [7, 11) is 3.64. The SMILES string of the molecule is CN1CC(NC(=O)[C@H]2CNC[C@@H]2c2cnn(C)c2)CC1=O.Cl. The van der Waals surface area contributed by atoms with Crippen LogP contribution in [0.15, 0.2) is 12.4 Å². The summed E-state index contributed by atoms with van der Waals surface area (Å²) in [4.78, 5) is 25.7. The molecular formula is C14H22ClN5O2. The van der Waals surface area contributed by atoms with Gasteiger partial charge >= 0.3 is 0 Å². The zero-order valence-corrected chi connectivity index (χ0v) is 13.6. The molecule has 7 nitrogen and oxygen atoms in total. The summed E-state index contributed by atoms with van der Waals surface area (Å²) in [5.41, 5.74) is 1.09. The number of rotatable bonds is 3. The fraction of sp³-hybridized carbons (Fsp3) is 0.643. The van der Waals surface area contributed by atoms with E-state index in [9.17, 15) is 9.59 Å². The third kappa shape index (κ3) is 3.25. The molecule has 122 valence electrons. The molecule has 8 heteroatoms. The van der Waals surface area contributed by atoms with E-state index in [4.69, 9.17) is 0 Å². The molecule has 2 fully saturated rings. The second kappa shape index (κ2) is 6.66. The molecule has 3 heterocycles. The molecule has 0 aliphatic carbocycles. The largest absolute Gasteiger partial charge is 0.351 e. The van der Waals surface area contributed by atoms with Gasteiger partial charge in [-0.25, -0.2) is 0 Å². The number of hydrogen-bond acceptors (Lipinski definition) is 4. The van der Waals surface area contributed by atoms with E-state index in [2.05, 4.69) is 15.7 Å². The number of carbonyl (C=O) groups excluding carboxylic acids is 2. The summed E-state index contributed by atoms with van der Waals surface area (Å²) < 4.78 is 1.76. The molecule has 1 aromatic rings. The van der Waals surface area contributed by atoms with E-state index >= 15 is 0 Å². The van der Waals surface area contributed by atoms with Crippen molar-refractivity contribution < 1.29 is 9.59 Å². The summed E-state index contributed by atoms with van der Waals surface area (Å²) in [5.74, 6) is 0.166. The number of aryl methyl sites for hydroxylation is 1. The average Bonchev–Trinajstić information content (AvgIpc) is 3.11. The Morgan fingerprint density at radius 1 is 1.41 bits per heavy atom. The van der Waals surface area contributed by atoms with Gasteiger partial charge in [0.2, 0.25) is 11.8 Å². The minimum absolute atomic E-state index is 0. The molecule has 0 radical (unpaired) electrons. The highest BCUT2D eigenvalue weighted by molar-refractivity contribution is 5.85. The Kier molecular flexibility index (Phi) is 5.08. The Morgan fingerprint density at radius 3 is 2.77 bits per heavy atom. The van der Waals surface area contributed by atoms with Crippen molar-refractivity contribution in [1.29, 1.82) is 0 Å². The van der Waals surface area contributed by atoms with E-state index in [0.29, 0.717) is 19.5 Å². The van der Waals surface area contributed by atoms with Crippen LogP contribution < -0.4 is 10.6 Å². The number of amides is 2. The first-order valence-electron chi connectivity index (χ1n) is 7.28. The summed E-state index contributed by atoms with van der Waals surface area (Å²) >= 11 is 0. The summed E-state index contributed by atoms with van der Waals surface area (Å²) in [6, 6.07) is -0.0647. The van der Waals surface area contributed by atoms with E-state index < -0.39 is 0 Å². The van der Waals surface area contributed by atoms with Gasteiger partial charge in [0.25, 0.3) is 0 Å². The van der Waals surface area contributed by atoms with Gasteiger partial charge < -0.3 is 15.5 Å².